The maximum absolute atomic E-state index is 9.07. The van der Waals surface area contributed by atoms with E-state index in [1.165, 1.54) is 0 Å². The van der Waals surface area contributed by atoms with Gasteiger partial charge in [-0.3, -0.25) is 5.41 Å². The van der Waals surface area contributed by atoms with Crippen LogP contribution in [0.5, 0.6) is 11.6 Å². The van der Waals surface area contributed by atoms with E-state index in [2.05, 4.69) is 4.98 Å². The highest BCUT2D eigenvalue weighted by Crippen LogP contribution is 2.27. The van der Waals surface area contributed by atoms with Crippen LogP contribution in [-0.4, -0.2) is 22.5 Å². The fourth-order valence-corrected chi connectivity index (χ4v) is 1.97. The molecule has 0 aliphatic heterocycles. The van der Waals surface area contributed by atoms with Crippen molar-refractivity contribution in [3.63, 3.8) is 0 Å². The van der Waals surface area contributed by atoms with Crippen molar-refractivity contribution < 1.29 is 9.84 Å². The second kappa shape index (κ2) is 6.16. The van der Waals surface area contributed by atoms with Gasteiger partial charge in [-0.05, 0) is 36.6 Å². The first-order valence-electron chi connectivity index (χ1n) is 6.30. The minimum absolute atomic E-state index is 0.0428. The fraction of sp³-hybridized carbons (Fsp3) is 0.200. The van der Waals surface area contributed by atoms with Crippen molar-refractivity contribution in [2.75, 3.05) is 6.61 Å². The summed E-state index contributed by atoms with van der Waals surface area (Å²) >= 11 is 0. The number of nitrogens with two attached hydrogens (primary N) is 1. The number of hydrogen-bond acceptors (Lipinski definition) is 4. The number of aliphatic hydroxyl groups excluding tert-OH is 1. The van der Waals surface area contributed by atoms with Gasteiger partial charge in [-0.1, -0.05) is 18.2 Å². The Balaban J connectivity index is 2.40. The lowest BCUT2D eigenvalue weighted by Gasteiger charge is -2.13. The number of aryl methyl sites for hydroxylation is 1. The lowest BCUT2D eigenvalue weighted by Crippen LogP contribution is -2.15. The SMILES string of the molecule is Cc1ccnc(Oc2ccccc2CCO)c1C(=N)N. The quantitative estimate of drug-likeness (QED) is 0.573. The molecule has 0 fully saturated rings. The Morgan fingerprint density at radius 2 is 2.10 bits per heavy atom. The van der Waals surface area contributed by atoms with Gasteiger partial charge in [0.2, 0.25) is 5.88 Å². The highest BCUT2D eigenvalue weighted by Gasteiger charge is 2.13. The van der Waals surface area contributed by atoms with E-state index in [4.69, 9.17) is 21.0 Å². The molecule has 0 aliphatic rings. The summed E-state index contributed by atoms with van der Waals surface area (Å²) in [5, 5.41) is 16.7. The van der Waals surface area contributed by atoms with Crippen LogP contribution < -0.4 is 10.5 Å². The van der Waals surface area contributed by atoms with E-state index in [1.54, 1.807) is 18.3 Å². The van der Waals surface area contributed by atoms with Gasteiger partial charge in [0.05, 0.1) is 5.56 Å². The first-order chi connectivity index (χ1) is 9.63. The van der Waals surface area contributed by atoms with E-state index in [0.29, 0.717) is 23.6 Å². The van der Waals surface area contributed by atoms with Crippen molar-refractivity contribution in [2.45, 2.75) is 13.3 Å². The monoisotopic (exact) mass is 271 g/mol. The molecule has 0 radical (unpaired) electrons. The maximum Gasteiger partial charge on any atom is 0.230 e. The van der Waals surface area contributed by atoms with Gasteiger partial charge < -0.3 is 15.6 Å². The maximum atomic E-state index is 9.07. The molecule has 2 aromatic rings. The number of ether oxygens (including phenoxy) is 1. The zero-order chi connectivity index (χ0) is 14.5. The van der Waals surface area contributed by atoms with Crippen LogP contribution in [0.3, 0.4) is 0 Å². The second-order valence-corrected chi connectivity index (χ2v) is 4.41. The van der Waals surface area contributed by atoms with Crippen LogP contribution in [0.15, 0.2) is 36.5 Å². The average molecular weight is 271 g/mol. The van der Waals surface area contributed by atoms with Crippen LogP contribution >= 0.6 is 0 Å². The number of benzene rings is 1. The molecule has 104 valence electrons. The van der Waals surface area contributed by atoms with Gasteiger partial charge in [-0.15, -0.1) is 0 Å². The van der Waals surface area contributed by atoms with E-state index < -0.39 is 0 Å². The topological polar surface area (TPSA) is 92.2 Å². The Labute approximate surface area is 117 Å². The molecule has 5 heteroatoms. The smallest absolute Gasteiger partial charge is 0.230 e. The lowest BCUT2D eigenvalue weighted by atomic mass is 10.1. The molecule has 2 rings (SSSR count). The Morgan fingerprint density at radius 1 is 1.35 bits per heavy atom. The van der Waals surface area contributed by atoms with Crippen molar-refractivity contribution >= 4 is 5.84 Å². The highest BCUT2D eigenvalue weighted by molar-refractivity contribution is 5.98. The van der Waals surface area contributed by atoms with Crippen LogP contribution in [-0.2, 0) is 6.42 Å². The van der Waals surface area contributed by atoms with E-state index in [9.17, 15) is 0 Å². The number of nitrogen functional groups attached to an aromatic ring is 1. The summed E-state index contributed by atoms with van der Waals surface area (Å²) in [6.45, 7) is 1.89. The summed E-state index contributed by atoms with van der Waals surface area (Å²) in [4.78, 5) is 4.15. The zero-order valence-corrected chi connectivity index (χ0v) is 11.3. The molecule has 0 saturated heterocycles. The minimum atomic E-state index is -0.0785. The predicted molar refractivity (Wildman–Crippen MR) is 77.3 cm³/mol. The van der Waals surface area contributed by atoms with Crippen molar-refractivity contribution in [3.8, 4) is 11.6 Å². The minimum Gasteiger partial charge on any atom is -0.438 e. The number of nitrogens with one attached hydrogen (secondary N) is 1. The third-order valence-corrected chi connectivity index (χ3v) is 2.95. The standard InChI is InChI=1S/C15H17N3O2/c1-10-6-8-18-15(13(10)14(16)17)20-12-5-3-2-4-11(12)7-9-19/h2-6,8,19H,7,9H2,1H3,(H3,16,17). The highest BCUT2D eigenvalue weighted by atomic mass is 16.5. The summed E-state index contributed by atoms with van der Waals surface area (Å²) < 4.78 is 5.79. The molecule has 0 saturated carbocycles. The molecule has 20 heavy (non-hydrogen) atoms. The molecule has 0 unspecified atom stereocenters. The zero-order valence-electron chi connectivity index (χ0n) is 11.3. The van der Waals surface area contributed by atoms with E-state index in [-0.39, 0.29) is 12.4 Å². The molecule has 0 atom stereocenters. The molecule has 5 nitrogen and oxygen atoms in total. The van der Waals surface area contributed by atoms with Crippen molar-refractivity contribution in [1.29, 1.82) is 5.41 Å². The number of pyridine rings is 1. The first kappa shape index (κ1) is 14.0. The van der Waals surface area contributed by atoms with Gasteiger partial charge in [0.25, 0.3) is 0 Å². The summed E-state index contributed by atoms with van der Waals surface area (Å²) in [7, 11) is 0. The van der Waals surface area contributed by atoms with E-state index in [1.807, 2.05) is 25.1 Å². The number of aliphatic hydroxyl groups is 1. The van der Waals surface area contributed by atoms with Gasteiger partial charge in [0, 0.05) is 12.8 Å². The van der Waals surface area contributed by atoms with Crippen molar-refractivity contribution in [1.82, 2.24) is 4.98 Å². The second-order valence-electron chi connectivity index (χ2n) is 4.41. The molecule has 1 heterocycles. The van der Waals surface area contributed by atoms with Crippen LogP contribution in [0.2, 0.25) is 0 Å². The number of aromatic nitrogens is 1. The predicted octanol–water partition coefficient (Wildman–Crippen LogP) is 2.00. The first-order valence-corrected chi connectivity index (χ1v) is 6.30. The van der Waals surface area contributed by atoms with Gasteiger partial charge in [0.1, 0.15) is 11.6 Å². The summed E-state index contributed by atoms with van der Waals surface area (Å²) in [6, 6.07) is 9.20. The number of para-hydroxylation sites is 1. The summed E-state index contributed by atoms with van der Waals surface area (Å²) in [5.74, 6) is 0.843. The summed E-state index contributed by atoms with van der Waals surface area (Å²) in [6.07, 6.45) is 2.11. The normalized spacial score (nSPS) is 10.3. The van der Waals surface area contributed by atoms with Crippen LogP contribution in [0, 0.1) is 12.3 Å². The molecule has 0 bridgehead atoms. The van der Waals surface area contributed by atoms with Crippen LogP contribution in [0.4, 0.5) is 0 Å². The molecule has 0 aliphatic carbocycles. The number of amidine groups is 1. The average Bonchev–Trinajstić information content (AvgIpc) is 2.41. The Bertz CT molecular complexity index is 626. The fourth-order valence-electron chi connectivity index (χ4n) is 1.97. The number of rotatable bonds is 5. The van der Waals surface area contributed by atoms with Gasteiger partial charge in [-0.2, -0.15) is 0 Å². The number of hydrogen-bond donors (Lipinski definition) is 3. The molecular formula is C15H17N3O2. The molecule has 4 N–H and O–H groups in total. The van der Waals surface area contributed by atoms with Gasteiger partial charge >= 0.3 is 0 Å². The Hall–Kier alpha value is -2.40. The van der Waals surface area contributed by atoms with Gasteiger partial charge in [-0.25, -0.2) is 4.98 Å². The molecular weight excluding hydrogens is 254 g/mol. The molecule has 1 aromatic heterocycles. The summed E-state index contributed by atoms with van der Waals surface area (Å²) in [5.41, 5.74) is 7.80. The van der Waals surface area contributed by atoms with Crippen molar-refractivity contribution in [2.24, 2.45) is 5.73 Å². The van der Waals surface area contributed by atoms with E-state index >= 15 is 0 Å². The van der Waals surface area contributed by atoms with Crippen molar-refractivity contribution in [3.05, 3.63) is 53.2 Å². The third-order valence-electron chi connectivity index (χ3n) is 2.95. The largest absolute Gasteiger partial charge is 0.438 e. The number of nitrogens with zero attached hydrogens (tertiary/aromatic N) is 1. The Kier molecular flexibility index (Phi) is 4.32. The lowest BCUT2D eigenvalue weighted by molar-refractivity contribution is 0.297. The molecule has 0 spiro atoms. The van der Waals surface area contributed by atoms with Gasteiger partial charge in [0.15, 0.2) is 0 Å². The molecule has 0 amide bonds. The third kappa shape index (κ3) is 2.95. The Morgan fingerprint density at radius 3 is 2.80 bits per heavy atom. The van der Waals surface area contributed by atoms with E-state index in [0.717, 1.165) is 11.1 Å². The van der Waals surface area contributed by atoms with Crippen LogP contribution in [0.25, 0.3) is 0 Å². The van der Waals surface area contributed by atoms with Crippen LogP contribution in [0.1, 0.15) is 16.7 Å². The molecule has 1 aromatic carbocycles.